The molecule has 1 aliphatic rings. The van der Waals surface area contributed by atoms with Crippen LogP contribution in [-0.2, 0) is 0 Å². The van der Waals surface area contributed by atoms with E-state index in [1.807, 2.05) is 6.92 Å². The molecule has 2 heteroatoms. The van der Waals surface area contributed by atoms with Crippen LogP contribution in [0.25, 0.3) is 0 Å². The van der Waals surface area contributed by atoms with Crippen LogP contribution in [0.3, 0.4) is 0 Å². The largest absolute Gasteiger partial charge is 0.299 e. The molecule has 12 heavy (non-hydrogen) atoms. The molecule has 0 heterocycles. The number of nitrogens with one attached hydrogen (secondary N) is 1. The van der Waals surface area contributed by atoms with Gasteiger partial charge in [-0.15, -0.1) is 0 Å². The molecule has 0 saturated heterocycles. The lowest BCUT2D eigenvalue weighted by atomic mass is 10.0. The second-order valence-electron chi connectivity index (χ2n) is 4.61. The van der Waals surface area contributed by atoms with Gasteiger partial charge in [0.05, 0.1) is 12.1 Å². The predicted molar refractivity (Wildman–Crippen MR) is 49.6 cm³/mol. The van der Waals surface area contributed by atoms with Crippen molar-refractivity contribution >= 4 is 0 Å². The van der Waals surface area contributed by atoms with Crippen LogP contribution < -0.4 is 5.32 Å². The zero-order chi connectivity index (χ0) is 9.35. The summed E-state index contributed by atoms with van der Waals surface area (Å²) in [6.45, 7) is 8.65. The summed E-state index contributed by atoms with van der Waals surface area (Å²) in [4.78, 5) is 0. The minimum atomic E-state index is -0.0172. The van der Waals surface area contributed by atoms with Gasteiger partial charge in [0.15, 0.2) is 0 Å². The van der Waals surface area contributed by atoms with Gasteiger partial charge in [0.2, 0.25) is 0 Å². The maximum atomic E-state index is 8.60. The summed E-state index contributed by atoms with van der Waals surface area (Å²) >= 11 is 0. The lowest BCUT2D eigenvalue weighted by Gasteiger charge is -2.16. The molecule has 0 bridgehead atoms. The minimum Gasteiger partial charge on any atom is -0.299 e. The predicted octanol–water partition coefficient (Wildman–Crippen LogP) is 1.92. The molecule has 0 spiro atoms. The molecule has 1 N–H and O–H groups in total. The molecule has 3 atom stereocenters. The van der Waals surface area contributed by atoms with Gasteiger partial charge in [-0.2, -0.15) is 5.26 Å². The first kappa shape index (κ1) is 9.54. The normalized spacial score (nSPS) is 30.4. The van der Waals surface area contributed by atoms with E-state index in [0.29, 0.717) is 11.5 Å². The summed E-state index contributed by atoms with van der Waals surface area (Å²) in [5.74, 6) is 0.758. The fraction of sp³-hybridized carbons (Fsp3) is 0.900. The molecule has 0 aromatic rings. The van der Waals surface area contributed by atoms with Crippen molar-refractivity contribution in [3.8, 4) is 6.07 Å². The summed E-state index contributed by atoms with van der Waals surface area (Å²) in [6.07, 6.45) is 1.29. The van der Waals surface area contributed by atoms with Gasteiger partial charge in [-0.3, -0.25) is 5.32 Å². The SMILES string of the molecule is CC(C#N)NC(C)C1CC1(C)C. The highest BCUT2D eigenvalue weighted by molar-refractivity contribution is 5.02. The average molecular weight is 166 g/mol. The zero-order valence-electron chi connectivity index (χ0n) is 8.39. The number of hydrogen-bond acceptors (Lipinski definition) is 2. The monoisotopic (exact) mass is 166 g/mol. The first-order chi connectivity index (χ1) is 5.47. The summed E-state index contributed by atoms with van der Waals surface area (Å²) < 4.78 is 0. The van der Waals surface area contributed by atoms with Crippen molar-refractivity contribution in [3.63, 3.8) is 0 Å². The minimum absolute atomic E-state index is 0.0172. The lowest BCUT2D eigenvalue weighted by Crippen LogP contribution is -2.35. The Morgan fingerprint density at radius 1 is 1.50 bits per heavy atom. The summed E-state index contributed by atoms with van der Waals surface area (Å²) in [5, 5.41) is 11.9. The van der Waals surface area contributed by atoms with Gasteiger partial charge < -0.3 is 0 Å². The van der Waals surface area contributed by atoms with E-state index in [9.17, 15) is 0 Å². The molecule has 0 amide bonds. The molecule has 0 aromatic heterocycles. The average Bonchev–Trinajstić information content (AvgIpc) is 2.59. The molecule has 0 aromatic carbocycles. The molecule has 2 nitrogen and oxygen atoms in total. The Morgan fingerprint density at radius 2 is 2.00 bits per heavy atom. The van der Waals surface area contributed by atoms with Gasteiger partial charge in [-0.25, -0.2) is 0 Å². The quantitative estimate of drug-likeness (QED) is 0.695. The Bertz CT molecular complexity index is 202. The fourth-order valence-electron chi connectivity index (χ4n) is 1.91. The van der Waals surface area contributed by atoms with Crippen molar-refractivity contribution in [2.75, 3.05) is 0 Å². The van der Waals surface area contributed by atoms with E-state index in [-0.39, 0.29) is 6.04 Å². The van der Waals surface area contributed by atoms with Crippen LogP contribution in [0.5, 0.6) is 0 Å². The Hall–Kier alpha value is -0.550. The van der Waals surface area contributed by atoms with E-state index in [0.717, 1.165) is 5.92 Å². The van der Waals surface area contributed by atoms with Gasteiger partial charge >= 0.3 is 0 Å². The third kappa shape index (κ3) is 1.98. The molecule has 1 fully saturated rings. The molecular weight excluding hydrogens is 148 g/mol. The molecule has 0 aliphatic heterocycles. The highest BCUT2D eigenvalue weighted by Crippen LogP contribution is 2.53. The topological polar surface area (TPSA) is 35.8 Å². The van der Waals surface area contributed by atoms with Crippen LogP contribution in [0.1, 0.15) is 34.1 Å². The summed E-state index contributed by atoms with van der Waals surface area (Å²) in [7, 11) is 0. The summed E-state index contributed by atoms with van der Waals surface area (Å²) in [6, 6.07) is 2.66. The smallest absolute Gasteiger partial charge is 0.0926 e. The standard InChI is InChI=1S/C10H18N2/c1-7(6-11)12-8(2)9-5-10(9,3)4/h7-9,12H,5H2,1-4H3. The molecule has 0 radical (unpaired) electrons. The Morgan fingerprint density at radius 3 is 2.33 bits per heavy atom. The highest BCUT2D eigenvalue weighted by atomic mass is 15.0. The second-order valence-corrected chi connectivity index (χ2v) is 4.61. The van der Waals surface area contributed by atoms with Gasteiger partial charge in [0, 0.05) is 6.04 Å². The van der Waals surface area contributed by atoms with Gasteiger partial charge in [0.1, 0.15) is 0 Å². The van der Waals surface area contributed by atoms with Crippen LogP contribution >= 0.6 is 0 Å². The third-order valence-electron chi connectivity index (χ3n) is 2.90. The van der Waals surface area contributed by atoms with Gasteiger partial charge in [-0.1, -0.05) is 13.8 Å². The molecule has 68 valence electrons. The van der Waals surface area contributed by atoms with E-state index in [2.05, 4.69) is 32.2 Å². The Labute approximate surface area is 75.0 Å². The number of nitriles is 1. The van der Waals surface area contributed by atoms with Crippen molar-refractivity contribution in [3.05, 3.63) is 0 Å². The Kier molecular flexibility index (Phi) is 2.44. The van der Waals surface area contributed by atoms with Crippen LogP contribution in [0.2, 0.25) is 0 Å². The van der Waals surface area contributed by atoms with Crippen molar-refractivity contribution in [2.24, 2.45) is 11.3 Å². The van der Waals surface area contributed by atoms with Crippen LogP contribution in [0.15, 0.2) is 0 Å². The number of nitrogens with zero attached hydrogens (tertiary/aromatic N) is 1. The van der Waals surface area contributed by atoms with Crippen LogP contribution in [0.4, 0.5) is 0 Å². The van der Waals surface area contributed by atoms with Crippen molar-refractivity contribution < 1.29 is 0 Å². The van der Waals surface area contributed by atoms with Gasteiger partial charge in [0.25, 0.3) is 0 Å². The fourth-order valence-corrected chi connectivity index (χ4v) is 1.91. The van der Waals surface area contributed by atoms with E-state index in [4.69, 9.17) is 5.26 Å². The molecule has 1 saturated carbocycles. The van der Waals surface area contributed by atoms with Gasteiger partial charge in [-0.05, 0) is 31.6 Å². The highest BCUT2D eigenvalue weighted by Gasteiger charge is 2.48. The van der Waals surface area contributed by atoms with E-state index in [1.54, 1.807) is 0 Å². The van der Waals surface area contributed by atoms with Crippen molar-refractivity contribution in [1.29, 1.82) is 5.26 Å². The zero-order valence-corrected chi connectivity index (χ0v) is 8.39. The van der Waals surface area contributed by atoms with Crippen LogP contribution in [0, 0.1) is 22.7 Å². The number of rotatable bonds is 3. The maximum absolute atomic E-state index is 8.60. The van der Waals surface area contributed by atoms with Crippen molar-refractivity contribution in [2.45, 2.75) is 46.2 Å². The molecule has 1 aliphatic carbocycles. The maximum Gasteiger partial charge on any atom is 0.0926 e. The molecule has 1 rings (SSSR count). The van der Waals surface area contributed by atoms with E-state index >= 15 is 0 Å². The summed E-state index contributed by atoms with van der Waals surface area (Å²) in [5.41, 5.74) is 0.502. The lowest BCUT2D eigenvalue weighted by molar-refractivity contribution is 0.416. The van der Waals surface area contributed by atoms with E-state index < -0.39 is 0 Å². The molecular formula is C10H18N2. The third-order valence-corrected chi connectivity index (χ3v) is 2.90. The Balaban J connectivity index is 2.32. The molecule has 3 unspecified atom stereocenters. The first-order valence-electron chi connectivity index (χ1n) is 4.63. The van der Waals surface area contributed by atoms with Crippen LogP contribution in [-0.4, -0.2) is 12.1 Å². The first-order valence-corrected chi connectivity index (χ1v) is 4.63. The van der Waals surface area contributed by atoms with Crippen molar-refractivity contribution in [1.82, 2.24) is 5.32 Å². The van der Waals surface area contributed by atoms with E-state index in [1.165, 1.54) is 6.42 Å². The number of hydrogen-bond donors (Lipinski definition) is 1. The second kappa shape index (κ2) is 3.06.